The Hall–Kier alpha value is -4.02. The fraction of sp³-hybridized carbons (Fsp3) is 0.333. The predicted octanol–water partition coefficient (Wildman–Crippen LogP) is 3.97. The standard InChI is InChI=1S/C27H32N8O2/c1-19(2)29-12-14-34-13-9-23-25(34)32-24(33-26(23)35-15-17-37-18-16-35)20-3-5-21(6-4-20)30-27(36)31-22-7-10-28-11-8-22/h3-11,13,19,29H,12,14-18H2,1-2H3,(H2,28,30,31,36). The van der Waals surface area contributed by atoms with Crippen LogP contribution in [0.25, 0.3) is 22.4 Å². The maximum atomic E-state index is 12.3. The molecule has 4 aromatic rings. The van der Waals surface area contributed by atoms with E-state index in [2.05, 4.69) is 56.5 Å². The number of carbonyl (C=O) groups excluding carboxylic acids is 1. The molecule has 1 saturated heterocycles. The van der Waals surface area contributed by atoms with Gasteiger partial charge in [0, 0.05) is 67.7 Å². The number of anilines is 3. The molecule has 1 aromatic carbocycles. The van der Waals surface area contributed by atoms with Crippen LogP contribution >= 0.6 is 0 Å². The van der Waals surface area contributed by atoms with Crippen LogP contribution in [0.2, 0.25) is 0 Å². The van der Waals surface area contributed by atoms with Crippen LogP contribution in [0.4, 0.5) is 22.0 Å². The van der Waals surface area contributed by atoms with E-state index in [1.165, 1.54) is 0 Å². The quantitative estimate of drug-likeness (QED) is 0.336. The number of pyridine rings is 1. The molecule has 10 heteroatoms. The molecule has 4 heterocycles. The van der Waals surface area contributed by atoms with E-state index in [0.29, 0.717) is 36.5 Å². The summed E-state index contributed by atoms with van der Waals surface area (Å²) in [6, 6.07) is 13.2. The van der Waals surface area contributed by atoms with Gasteiger partial charge in [0.15, 0.2) is 5.82 Å². The number of urea groups is 1. The van der Waals surface area contributed by atoms with Crippen LogP contribution in [0.5, 0.6) is 0 Å². The molecule has 1 aliphatic rings. The van der Waals surface area contributed by atoms with Gasteiger partial charge in [0.2, 0.25) is 0 Å². The second kappa shape index (κ2) is 11.4. The van der Waals surface area contributed by atoms with Crippen LogP contribution in [0.1, 0.15) is 13.8 Å². The molecule has 0 bridgehead atoms. The molecular weight excluding hydrogens is 468 g/mol. The van der Waals surface area contributed by atoms with Crippen molar-refractivity contribution in [1.82, 2.24) is 24.8 Å². The average Bonchev–Trinajstić information content (AvgIpc) is 3.32. The lowest BCUT2D eigenvalue weighted by Crippen LogP contribution is -2.37. The van der Waals surface area contributed by atoms with Crippen molar-refractivity contribution in [1.29, 1.82) is 0 Å². The van der Waals surface area contributed by atoms with Gasteiger partial charge in [-0.3, -0.25) is 4.98 Å². The average molecular weight is 501 g/mol. The smallest absolute Gasteiger partial charge is 0.323 e. The van der Waals surface area contributed by atoms with Crippen molar-refractivity contribution in [2.24, 2.45) is 0 Å². The lowest BCUT2D eigenvalue weighted by atomic mass is 10.2. The summed E-state index contributed by atoms with van der Waals surface area (Å²) in [4.78, 5) is 28.5. The van der Waals surface area contributed by atoms with Crippen molar-refractivity contribution < 1.29 is 9.53 Å². The van der Waals surface area contributed by atoms with E-state index in [9.17, 15) is 4.79 Å². The molecule has 192 valence electrons. The van der Waals surface area contributed by atoms with Gasteiger partial charge in [-0.2, -0.15) is 0 Å². The van der Waals surface area contributed by atoms with Crippen molar-refractivity contribution in [3.8, 4) is 11.4 Å². The van der Waals surface area contributed by atoms with Crippen molar-refractivity contribution in [3.63, 3.8) is 0 Å². The Kier molecular flexibility index (Phi) is 7.57. The summed E-state index contributed by atoms with van der Waals surface area (Å²) in [6.07, 6.45) is 5.34. The van der Waals surface area contributed by atoms with E-state index in [-0.39, 0.29) is 6.03 Å². The molecule has 10 nitrogen and oxygen atoms in total. The Morgan fingerprint density at radius 1 is 0.973 bits per heavy atom. The zero-order valence-corrected chi connectivity index (χ0v) is 21.1. The van der Waals surface area contributed by atoms with Gasteiger partial charge in [0.1, 0.15) is 11.5 Å². The first-order chi connectivity index (χ1) is 18.1. The molecule has 0 aliphatic carbocycles. The van der Waals surface area contributed by atoms with E-state index in [0.717, 1.165) is 48.6 Å². The Morgan fingerprint density at radius 3 is 2.38 bits per heavy atom. The lowest BCUT2D eigenvalue weighted by Gasteiger charge is -2.28. The number of benzene rings is 1. The van der Waals surface area contributed by atoms with Gasteiger partial charge in [-0.05, 0) is 42.5 Å². The molecule has 0 radical (unpaired) electrons. The normalized spacial score (nSPS) is 13.8. The molecule has 2 amide bonds. The summed E-state index contributed by atoms with van der Waals surface area (Å²) in [5.41, 5.74) is 3.14. The predicted molar refractivity (Wildman–Crippen MR) is 146 cm³/mol. The SMILES string of the molecule is CC(C)NCCn1ccc2c(N3CCOCC3)nc(-c3ccc(NC(=O)Nc4ccncc4)cc3)nc21. The second-order valence-corrected chi connectivity index (χ2v) is 9.22. The number of aromatic nitrogens is 4. The number of carbonyl (C=O) groups is 1. The number of nitrogens with one attached hydrogen (secondary N) is 3. The van der Waals surface area contributed by atoms with Gasteiger partial charge in [-0.1, -0.05) is 13.8 Å². The zero-order valence-electron chi connectivity index (χ0n) is 21.1. The summed E-state index contributed by atoms with van der Waals surface area (Å²) in [5.74, 6) is 1.58. The molecule has 37 heavy (non-hydrogen) atoms. The third kappa shape index (κ3) is 6.04. The van der Waals surface area contributed by atoms with Gasteiger partial charge in [0.25, 0.3) is 0 Å². The maximum absolute atomic E-state index is 12.3. The fourth-order valence-corrected chi connectivity index (χ4v) is 4.28. The topological polar surface area (TPSA) is 109 Å². The number of morpholine rings is 1. The Morgan fingerprint density at radius 2 is 1.68 bits per heavy atom. The van der Waals surface area contributed by atoms with Crippen LogP contribution in [-0.4, -0.2) is 64.4 Å². The van der Waals surface area contributed by atoms with E-state index in [1.54, 1.807) is 24.5 Å². The molecule has 0 saturated carbocycles. The molecule has 5 rings (SSSR count). The Labute approximate surface area is 216 Å². The van der Waals surface area contributed by atoms with E-state index in [4.69, 9.17) is 14.7 Å². The van der Waals surface area contributed by atoms with Gasteiger partial charge >= 0.3 is 6.03 Å². The van der Waals surface area contributed by atoms with Crippen LogP contribution < -0.4 is 20.9 Å². The molecule has 0 spiro atoms. The number of hydrogen-bond donors (Lipinski definition) is 3. The molecule has 3 N–H and O–H groups in total. The molecule has 1 aliphatic heterocycles. The number of ether oxygens (including phenoxy) is 1. The highest BCUT2D eigenvalue weighted by Gasteiger charge is 2.20. The van der Waals surface area contributed by atoms with Crippen molar-refractivity contribution in [3.05, 3.63) is 61.1 Å². The minimum absolute atomic E-state index is 0.320. The lowest BCUT2D eigenvalue weighted by molar-refractivity contribution is 0.122. The number of rotatable bonds is 8. The van der Waals surface area contributed by atoms with E-state index in [1.807, 2.05) is 24.3 Å². The number of fused-ring (bicyclic) bond motifs is 1. The highest BCUT2D eigenvalue weighted by molar-refractivity contribution is 5.99. The monoisotopic (exact) mass is 500 g/mol. The number of hydrogen-bond acceptors (Lipinski definition) is 7. The van der Waals surface area contributed by atoms with Crippen molar-refractivity contribution >= 4 is 34.3 Å². The van der Waals surface area contributed by atoms with Gasteiger partial charge in [0.05, 0.1) is 18.6 Å². The molecule has 0 atom stereocenters. The van der Waals surface area contributed by atoms with E-state index >= 15 is 0 Å². The molecule has 3 aromatic heterocycles. The highest BCUT2D eigenvalue weighted by atomic mass is 16.5. The summed E-state index contributed by atoms with van der Waals surface area (Å²) in [7, 11) is 0. The first kappa shape index (κ1) is 24.7. The summed E-state index contributed by atoms with van der Waals surface area (Å²) in [6.45, 7) is 8.91. The Balaban J connectivity index is 1.40. The van der Waals surface area contributed by atoms with Crippen molar-refractivity contribution in [2.75, 3.05) is 48.4 Å². The highest BCUT2D eigenvalue weighted by Crippen LogP contribution is 2.29. The summed E-state index contributed by atoms with van der Waals surface area (Å²) < 4.78 is 7.75. The molecular formula is C27H32N8O2. The minimum Gasteiger partial charge on any atom is -0.378 e. The van der Waals surface area contributed by atoms with Crippen LogP contribution in [-0.2, 0) is 11.3 Å². The van der Waals surface area contributed by atoms with Gasteiger partial charge < -0.3 is 30.2 Å². The molecule has 0 unspecified atom stereocenters. The Bertz CT molecular complexity index is 1330. The number of amides is 2. The third-order valence-corrected chi connectivity index (χ3v) is 6.15. The summed E-state index contributed by atoms with van der Waals surface area (Å²) in [5, 5.41) is 10.2. The maximum Gasteiger partial charge on any atom is 0.323 e. The van der Waals surface area contributed by atoms with E-state index < -0.39 is 0 Å². The van der Waals surface area contributed by atoms with Gasteiger partial charge in [-0.15, -0.1) is 0 Å². The zero-order chi connectivity index (χ0) is 25.6. The van der Waals surface area contributed by atoms with Crippen LogP contribution in [0, 0.1) is 0 Å². The second-order valence-electron chi connectivity index (χ2n) is 9.22. The van der Waals surface area contributed by atoms with Crippen molar-refractivity contribution in [2.45, 2.75) is 26.4 Å². The number of nitrogens with zero attached hydrogens (tertiary/aromatic N) is 5. The van der Waals surface area contributed by atoms with Crippen LogP contribution in [0.15, 0.2) is 61.1 Å². The minimum atomic E-state index is -0.320. The van der Waals surface area contributed by atoms with Gasteiger partial charge in [-0.25, -0.2) is 14.8 Å². The van der Waals surface area contributed by atoms with Crippen LogP contribution in [0.3, 0.4) is 0 Å². The largest absolute Gasteiger partial charge is 0.378 e. The first-order valence-corrected chi connectivity index (χ1v) is 12.6. The third-order valence-electron chi connectivity index (χ3n) is 6.15. The fourth-order valence-electron chi connectivity index (χ4n) is 4.28. The summed E-state index contributed by atoms with van der Waals surface area (Å²) >= 11 is 0. The first-order valence-electron chi connectivity index (χ1n) is 12.6. The molecule has 1 fully saturated rings.